The summed E-state index contributed by atoms with van der Waals surface area (Å²) >= 11 is 0. The molecule has 1 aliphatic heterocycles. The Morgan fingerprint density at radius 3 is 2.54 bits per heavy atom. The van der Waals surface area contributed by atoms with Gasteiger partial charge in [-0.25, -0.2) is 13.4 Å². The van der Waals surface area contributed by atoms with E-state index in [-0.39, 0.29) is 41.6 Å². The number of pyridine rings is 1. The molecule has 0 spiro atoms. The van der Waals surface area contributed by atoms with Crippen molar-refractivity contribution in [2.75, 3.05) is 18.8 Å². The molecule has 1 fully saturated rings. The van der Waals surface area contributed by atoms with Gasteiger partial charge in [-0.3, -0.25) is 0 Å². The standard InChI is InChI=1S/C16H20N4O2S.ClH/c1-11-7-15(16(18)19-8-11)23(21,22)20-9-13(14(17)10-20)12-5-3-2-4-6-12;/h2-8,13-14H,9-10,17H2,1H3,(H2,18,19);1H/t13-,14+;/m0./s1. The number of hydrogen-bond donors (Lipinski definition) is 2. The average molecular weight is 369 g/mol. The second-order valence-corrected chi connectivity index (χ2v) is 7.81. The van der Waals surface area contributed by atoms with Crippen LogP contribution in [0, 0.1) is 6.92 Å². The van der Waals surface area contributed by atoms with Crippen LogP contribution in [0.3, 0.4) is 0 Å². The summed E-state index contributed by atoms with van der Waals surface area (Å²) in [6.07, 6.45) is 1.55. The van der Waals surface area contributed by atoms with Crippen LogP contribution in [0.2, 0.25) is 0 Å². The number of anilines is 1. The number of nitrogens with zero attached hydrogens (tertiary/aromatic N) is 2. The van der Waals surface area contributed by atoms with E-state index >= 15 is 0 Å². The second kappa shape index (κ2) is 7.06. The van der Waals surface area contributed by atoms with E-state index in [9.17, 15) is 8.42 Å². The van der Waals surface area contributed by atoms with Gasteiger partial charge in [0.05, 0.1) is 0 Å². The average Bonchev–Trinajstić information content (AvgIpc) is 2.93. The lowest BCUT2D eigenvalue weighted by atomic mass is 9.95. The summed E-state index contributed by atoms with van der Waals surface area (Å²) in [7, 11) is -3.70. The molecule has 1 aromatic heterocycles. The Morgan fingerprint density at radius 1 is 1.21 bits per heavy atom. The van der Waals surface area contributed by atoms with Crippen LogP contribution >= 0.6 is 12.4 Å². The van der Waals surface area contributed by atoms with Crippen LogP contribution in [-0.2, 0) is 10.0 Å². The van der Waals surface area contributed by atoms with Gasteiger partial charge in [0.25, 0.3) is 0 Å². The number of aryl methyl sites for hydroxylation is 1. The summed E-state index contributed by atoms with van der Waals surface area (Å²) < 4.78 is 27.2. The molecule has 4 N–H and O–H groups in total. The van der Waals surface area contributed by atoms with Crippen LogP contribution in [0.25, 0.3) is 0 Å². The fraction of sp³-hybridized carbons (Fsp3) is 0.312. The molecule has 0 radical (unpaired) electrons. The van der Waals surface area contributed by atoms with Crippen molar-refractivity contribution in [3.05, 3.63) is 53.7 Å². The molecule has 0 unspecified atom stereocenters. The molecule has 1 saturated heterocycles. The quantitative estimate of drug-likeness (QED) is 0.854. The van der Waals surface area contributed by atoms with Crippen molar-refractivity contribution in [1.82, 2.24) is 9.29 Å². The van der Waals surface area contributed by atoms with Gasteiger partial charge in [-0.05, 0) is 24.1 Å². The molecule has 0 saturated carbocycles. The molecule has 0 amide bonds. The maximum Gasteiger partial charge on any atom is 0.246 e. The van der Waals surface area contributed by atoms with Crippen molar-refractivity contribution in [3.8, 4) is 0 Å². The van der Waals surface area contributed by atoms with Crippen molar-refractivity contribution in [2.45, 2.75) is 23.8 Å². The van der Waals surface area contributed by atoms with E-state index in [1.165, 1.54) is 4.31 Å². The first-order chi connectivity index (χ1) is 10.9. The highest BCUT2D eigenvalue weighted by atomic mass is 35.5. The molecule has 3 rings (SSSR count). The summed E-state index contributed by atoms with van der Waals surface area (Å²) in [6.45, 7) is 2.41. The van der Waals surface area contributed by atoms with E-state index in [0.717, 1.165) is 11.1 Å². The number of aromatic nitrogens is 1. The van der Waals surface area contributed by atoms with Gasteiger partial charge in [-0.15, -0.1) is 12.4 Å². The molecule has 1 aromatic carbocycles. The van der Waals surface area contributed by atoms with E-state index in [4.69, 9.17) is 11.5 Å². The molecule has 0 bridgehead atoms. The molecule has 8 heteroatoms. The van der Waals surface area contributed by atoms with Gasteiger partial charge in [0, 0.05) is 31.2 Å². The number of nitrogen functional groups attached to an aromatic ring is 1. The summed E-state index contributed by atoms with van der Waals surface area (Å²) in [5.41, 5.74) is 13.8. The Kier molecular flexibility index (Phi) is 5.49. The molecule has 2 heterocycles. The van der Waals surface area contributed by atoms with Gasteiger partial charge in [0.2, 0.25) is 10.0 Å². The predicted octanol–water partition coefficient (Wildman–Crippen LogP) is 1.51. The Hall–Kier alpha value is -1.67. The minimum atomic E-state index is -3.70. The summed E-state index contributed by atoms with van der Waals surface area (Å²) in [6, 6.07) is 11.1. The minimum Gasteiger partial charge on any atom is -0.383 e. The number of rotatable bonds is 3. The smallest absolute Gasteiger partial charge is 0.246 e. The van der Waals surface area contributed by atoms with Gasteiger partial charge in [-0.2, -0.15) is 4.31 Å². The molecule has 2 aromatic rings. The Morgan fingerprint density at radius 2 is 1.88 bits per heavy atom. The normalized spacial score (nSPS) is 21.4. The van der Waals surface area contributed by atoms with Crippen molar-refractivity contribution in [3.63, 3.8) is 0 Å². The van der Waals surface area contributed by atoms with Crippen LogP contribution < -0.4 is 11.5 Å². The highest BCUT2D eigenvalue weighted by Crippen LogP contribution is 2.31. The zero-order valence-corrected chi connectivity index (χ0v) is 14.9. The highest BCUT2D eigenvalue weighted by molar-refractivity contribution is 7.89. The topological polar surface area (TPSA) is 102 Å². The lowest BCUT2D eigenvalue weighted by Crippen LogP contribution is -2.32. The third kappa shape index (κ3) is 3.39. The number of sulfonamides is 1. The Labute approximate surface area is 148 Å². The molecular formula is C16H21ClN4O2S. The third-order valence-electron chi connectivity index (χ3n) is 4.20. The number of halogens is 1. The zero-order valence-electron chi connectivity index (χ0n) is 13.3. The van der Waals surface area contributed by atoms with E-state index in [1.54, 1.807) is 19.2 Å². The highest BCUT2D eigenvalue weighted by Gasteiger charge is 2.39. The first-order valence-electron chi connectivity index (χ1n) is 7.42. The summed E-state index contributed by atoms with van der Waals surface area (Å²) in [4.78, 5) is 4.01. The first kappa shape index (κ1) is 18.7. The van der Waals surface area contributed by atoms with Crippen LogP contribution in [0.5, 0.6) is 0 Å². The van der Waals surface area contributed by atoms with Gasteiger partial charge < -0.3 is 11.5 Å². The minimum absolute atomic E-state index is 0. The number of nitrogens with two attached hydrogens (primary N) is 2. The van der Waals surface area contributed by atoms with Gasteiger partial charge in [0.1, 0.15) is 10.7 Å². The maximum atomic E-state index is 12.9. The SMILES string of the molecule is Cc1cnc(N)c(S(=O)(=O)N2C[C@@H](N)[C@H](c3ccccc3)C2)c1.Cl. The van der Waals surface area contributed by atoms with Crippen LogP contribution in [-0.4, -0.2) is 36.8 Å². The molecule has 2 atom stereocenters. The molecule has 0 aliphatic carbocycles. The molecule has 1 aliphatic rings. The molecule has 6 nitrogen and oxygen atoms in total. The number of hydrogen-bond acceptors (Lipinski definition) is 5. The van der Waals surface area contributed by atoms with E-state index in [1.807, 2.05) is 30.3 Å². The largest absolute Gasteiger partial charge is 0.383 e. The predicted molar refractivity (Wildman–Crippen MR) is 96.6 cm³/mol. The monoisotopic (exact) mass is 368 g/mol. The Bertz CT molecular complexity index is 814. The second-order valence-electron chi connectivity index (χ2n) is 5.90. The van der Waals surface area contributed by atoms with Gasteiger partial charge in [0.15, 0.2) is 0 Å². The Balaban J connectivity index is 0.00000208. The fourth-order valence-corrected chi connectivity index (χ4v) is 4.59. The lowest BCUT2D eigenvalue weighted by molar-refractivity contribution is 0.470. The van der Waals surface area contributed by atoms with E-state index in [0.29, 0.717) is 6.54 Å². The van der Waals surface area contributed by atoms with Crippen molar-refractivity contribution < 1.29 is 8.42 Å². The van der Waals surface area contributed by atoms with Crippen molar-refractivity contribution in [1.29, 1.82) is 0 Å². The molecule has 130 valence electrons. The molecule has 24 heavy (non-hydrogen) atoms. The van der Waals surface area contributed by atoms with Crippen LogP contribution in [0.1, 0.15) is 17.0 Å². The van der Waals surface area contributed by atoms with Crippen molar-refractivity contribution in [2.24, 2.45) is 5.73 Å². The third-order valence-corrected chi connectivity index (χ3v) is 6.06. The molecular weight excluding hydrogens is 348 g/mol. The van der Waals surface area contributed by atoms with E-state index in [2.05, 4.69) is 4.98 Å². The van der Waals surface area contributed by atoms with Gasteiger partial charge >= 0.3 is 0 Å². The zero-order chi connectivity index (χ0) is 16.6. The lowest BCUT2D eigenvalue weighted by Gasteiger charge is -2.17. The van der Waals surface area contributed by atoms with E-state index < -0.39 is 10.0 Å². The van der Waals surface area contributed by atoms with Crippen LogP contribution in [0.15, 0.2) is 47.5 Å². The number of benzene rings is 1. The summed E-state index contributed by atoms with van der Waals surface area (Å²) in [5.74, 6) is -0.00250. The summed E-state index contributed by atoms with van der Waals surface area (Å²) in [5, 5.41) is 0. The van der Waals surface area contributed by atoms with Gasteiger partial charge in [-0.1, -0.05) is 30.3 Å². The fourth-order valence-electron chi connectivity index (χ4n) is 2.94. The van der Waals surface area contributed by atoms with Crippen LogP contribution in [0.4, 0.5) is 5.82 Å². The van der Waals surface area contributed by atoms with Crippen molar-refractivity contribution >= 4 is 28.2 Å². The maximum absolute atomic E-state index is 12.9. The first-order valence-corrected chi connectivity index (χ1v) is 8.86.